The fraction of sp³-hybridized carbons (Fsp3) is 0.242. The summed E-state index contributed by atoms with van der Waals surface area (Å²) < 4.78 is 12.2. The van der Waals surface area contributed by atoms with Crippen LogP contribution < -0.4 is 10.1 Å². The molecule has 1 aliphatic carbocycles. The SMILES string of the molecule is Cc1ccc2oc(-c3ccc(COc4ccccc4CCNC4CCCc5nc(C(=O)O)ccc54)cc3)nc2c1.Cl.Cl. The molecule has 3 aromatic carbocycles. The highest BCUT2D eigenvalue weighted by atomic mass is 35.5. The minimum absolute atomic E-state index is 0. The minimum atomic E-state index is -0.983. The van der Waals surface area contributed by atoms with Crippen LogP contribution in [0.1, 0.15) is 57.3 Å². The zero-order chi connectivity index (χ0) is 27.5. The molecule has 2 N–H and O–H groups in total. The Hall–Kier alpha value is -3.91. The van der Waals surface area contributed by atoms with Crippen molar-refractivity contribution in [3.63, 3.8) is 0 Å². The van der Waals surface area contributed by atoms with Gasteiger partial charge in [-0.25, -0.2) is 14.8 Å². The lowest BCUT2D eigenvalue weighted by molar-refractivity contribution is 0.0690. The highest BCUT2D eigenvalue weighted by Crippen LogP contribution is 2.29. The predicted molar refractivity (Wildman–Crippen MR) is 168 cm³/mol. The number of nitrogens with one attached hydrogen (secondary N) is 1. The molecule has 1 aliphatic rings. The lowest BCUT2D eigenvalue weighted by atomic mass is 9.91. The lowest BCUT2D eigenvalue weighted by Gasteiger charge is -2.26. The third kappa shape index (κ3) is 6.93. The Morgan fingerprint density at radius 3 is 2.64 bits per heavy atom. The summed E-state index contributed by atoms with van der Waals surface area (Å²) in [5, 5.41) is 12.9. The fourth-order valence-corrected chi connectivity index (χ4v) is 5.29. The van der Waals surface area contributed by atoms with Gasteiger partial charge in [0.1, 0.15) is 23.6 Å². The van der Waals surface area contributed by atoms with Crippen molar-refractivity contribution < 1.29 is 19.1 Å². The number of carboxylic acids is 1. The Morgan fingerprint density at radius 1 is 1.02 bits per heavy atom. The average molecular weight is 607 g/mol. The number of rotatable bonds is 9. The van der Waals surface area contributed by atoms with E-state index >= 15 is 0 Å². The number of aromatic nitrogens is 2. The smallest absolute Gasteiger partial charge is 0.354 e. The van der Waals surface area contributed by atoms with E-state index in [0.29, 0.717) is 12.5 Å². The van der Waals surface area contributed by atoms with Gasteiger partial charge in [0.2, 0.25) is 5.89 Å². The molecule has 0 saturated carbocycles. The monoisotopic (exact) mass is 605 g/mol. The second-order valence-corrected chi connectivity index (χ2v) is 10.3. The first-order valence-corrected chi connectivity index (χ1v) is 13.7. The molecule has 2 heterocycles. The van der Waals surface area contributed by atoms with Crippen LogP contribution in [0.4, 0.5) is 0 Å². The van der Waals surface area contributed by atoms with Gasteiger partial charge in [0, 0.05) is 17.3 Å². The number of halogens is 2. The molecule has 7 nitrogen and oxygen atoms in total. The van der Waals surface area contributed by atoms with E-state index in [-0.39, 0.29) is 36.5 Å². The van der Waals surface area contributed by atoms with Crippen LogP contribution in [0.15, 0.2) is 83.3 Å². The normalized spacial score (nSPS) is 14.0. The van der Waals surface area contributed by atoms with Crippen LogP contribution in [0.25, 0.3) is 22.6 Å². The molecule has 0 fully saturated rings. The van der Waals surface area contributed by atoms with Crippen molar-refractivity contribution in [2.75, 3.05) is 6.54 Å². The maximum absolute atomic E-state index is 11.3. The van der Waals surface area contributed by atoms with Gasteiger partial charge in [0.05, 0.1) is 0 Å². The van der Waals surface area contributed by atoms with Gasteiger partial charge < -0.3 is 19.6 Å². The van der Waals surface area contributed by atoms with Crippen molar-refractivity contribution >= 4 is 41.9 Å². The summed E-state index contributed by atoms with van der Waals surface area (Å²) in [6, 6.07) is 26.0. The van der Waals surface area contributed by atoms with Crippen molar-refractivity contribution in [1.82, 2.24) is 15.3 Å². The summed E-state index contributed by atoms with van der Waals surface area (Å²) in [5.74, 6) is 0.507. The third-order valence-corrected chi connectivity index (χ3v) is 7.41. The molecule has 218 valence electrons. The maximum atomic E-state index is 11.3. The second kappa shape index (κ2) is 13.8. The number of nitrogens with zero attached hydrogens (tertiary/aromatic N) is 2. The molecule has 0 aliphatic heterocycles. The number of hydrogen-bond donors (Lipinski definition) is 2. The van der Waals surface area contributed by atoms with E-state index in [9.17, 15) is 9.90 Å². The Labute approximate surface area is 257 Å². The number of benzene rings is 3. The van der Waals surface area contributed by atoms with E-state index in [4.69, 9.17) is 9.15 Å². The molecule has 1 atom stereocenters. The lowest BCUT2D eigenvalue weighted by Crippen LogP contribution is -2.28. The standard InChI is InChI=1S/C33H31N3O4.2ClH/c1-21-9-16-31-29(19-21)36-32(40-31)24-12-10-22(11-13-24)20-39-30-8-3-2-5-23(30)17-18-34-26-6-4-7-27-25(26)14-15-28(35-27)33(37)38;;/h2-3,5,8-16,19,26,34H,4,6-7,17-18,20H2,1H3,(H,37,38);2*1H. The number of carbonyl (C=O) groups is 1. The number of para-hydroxylation sites is 1. The molecule has 0 bridgehead atoms. The summed E-state index contributed by atoms with van der Waals surface area (Å²) in [5.41, 5.74) is 8.06. The molecule has 0 spiro atoms. The van der Waals surface area contributed by atoms with Gasteiger partial charge in [-0.15, -0.1) is 24.8 Å². The van der Waals surface area contributed by atoms with E-state index in [2.05, 4.69) is 21.4 Å². The number of oxazole rings is 1. The number of aryl methyl sites for hydroxylation is 2. The largest absolute Gasteiger partial charge is 0.489 e. The van der Waals surface area contributed by atoms with Crippen LogP contribution in [-0.4, -0.2) is 27.6 Å². The van der Waals surface area contributed by atoms with Crippen molar-refractivity contribution in [2.45, 2.75) is 45.3 Å². The van der Waals surface area contributed by atoms with Gasteiger partial charge >= 0.3 is 5.97 Å². The third-order valence-electron chi connectivity index (χ3n) is 7.41. The van der Waals surface area contributed by atoms with Crippen LogP contribution >= 0.6 is 24.8 Å². The minimum Gasteiger partial charge on any atom is -0.489 e. The summed E-state index contributed by atoms with van der Waals surface area (Å²) in [6.45, 7) is 3.29. The van der Waals surface area contributed by atoms with E-state index in [1.165, 1.54) is 0 Å². The highest BCUT2D eigenvalue weighted by Gasteiger charge is 2.22. The zero-order valence-electron chi connectivity index (χ0n) is 23.2. The molecule has 0 radical (unpaired) electrons. The predicted octanol–water partition coefficient (Wildman–Crippen LogP) is 7.53. The first-order chi connectivity index (χ1) is 19.5. The second-order valence-electron chi connectivity index (χ2n) is 10.3. The summed E-state index contributed by atoms with van der Waals surface area (Å²) in [6.07, 6.45) is 3.64. The molecule has 5 aromatic rings. The molecule has 9 heteroatoms. The van der Waals surface area contributed by atoms with Crippen LogP contribution in [0, 0.1) is 6.92 Å². The molecule has 6 rings (SSSR count). The summed E-state index contributed by atoms with van der Waals surface area (Å²) in [7, 11) is 0. The number of aromatic carboxylic acids is 1. The van der Waals surface area contributed by atoms with Crippen LogP contribution in [-0.2, 0) is 19.4 Å². The Morgan fingerprint density at radius 2 is 1.83 bits per heavy atom. The van der Waals surface area contributed by atoms with Gasteiger partial charge in [-0.3, -0.25) is 0 Å². The number of hydrogen-bond acceptors (Lipinski definition) is 6. The topological polar surface area (TPSA) is 97.5 Å². The molecule has 2 aromatic heterocycles. The zero-order valence-corrected chi connectivity index (χ0v) is 24.8. The highest BCUT2D eigenvalue weighted by molar-refractivity contribution is 5.86. The number of pyridine rings is 1. The van der Waals surface area contributed by atoms with Gasteiger partial charge in [-0.05, 0) is 97.8 Å². The van der Waals surface area contributed by atoms with Gasteiger partial charge in [-0.2, -0.15) is 0 Å². The van der Waals surface area contributed by atoms with E-state index in [0.717, 1.165) is 82.6 Å². The molecule has 1 unspecified atom stereocenters. The quantitative estimate of drug-likeness (QED) is 0.179. The Bertz CT molecular complexity index is 1670. The van der Waals surface area contributed by atoms with Crippen molar-refractivity contribution in [3.8, 4) is 17.2 Å². The van der Waals surface area contributed by atoms with Crippen LogP contribution in [0.3, 0.4) is 0 Å². The number of fused-ring (bicyclic) bond motifs is 2. The fourth-order valence-electron chi connectivity index (χ4n) is 5.29. The van der Waals surface area contributed by atoms with E-state index < -0.39 is 5.97 Å². The van der Waals surface area contributed by atoms with Crippen molar-refractivity contribution in [1.29, 1.82) is 0 Å². The van der Waals surface area contributed by atoms with E-state index in [1.807, 2.05) is 73.7 Å². The van der Waals surface area contributed by atoms with Crippen molar-refractivity contribution in [3.05, 3.63) is 113 Å². The average Bonchev–Trinajstić information content (AvgIpc) is 3.40. The molecule has 0 amide bonds. The number of carboxylic acid groups (broad SMARTS) is 1. The Kier molecular flexibility index (Phi) is 10.2. The first kappa shape index (κ1) is 31.0. The van der Waals surface area contributed by atoms with Gasteiger partial charge in [0.25, 0.3) is 0 Å². The van der Waals surface area contributed by atoms with Gasteiger partial charge in [-0.1, -0.05) is 42.5 Å². The van der Waals surface area contributed by atoms with E-state index in [1.54, 1.807) is 6.07 Å². The summed E-state index contributed by atoms with van der Waals surface area (Å²) >= 11 is 0. The maximum Gasteiger partial charge on any atom is 0.354 e. The molecule has 42 heavy (non-hydrogen) atoms. The Balaban J connectivity index is 0.00000202. The number of ether oxygens (including phenoxy) is 1. The first-order valence-electron chi connectivity index (χ1n) is 13.7. The molecule has 0 saturated heterocycles. The van der Waals surface area contributed by atoms with Crippen LogP contribution in [0.5, 0.6) is 5.75 Å². The van der Waals surface area contributed by atoms with Crippen LogP contribution in [0.2, 0.25) is 0 Å². The van der Waals surface area contributed by atoms with Gasteiger partial charge in [0.15, 0.2) is 5.58 Å². The summed E-state index contributed by atoms with van der Waals surface area (Å²) in [4.78, 5) is 20.3. The molecular formula is C33H33Cl2N3O4. The molecular weight excluding hydrogens is 573 g/mol. The van der Waals surface area contributed by atoms with Crippen molar-refractivity contribution in [2.24, 2.45) is 0 Å².